The van der Waals surface area contributed by atoms with Gasteiger partial charge in [-0.1, -0.05) is 5.16 Å². The number of rotatable bonds is 6. The Morgan fingerprint density at radius 2 is 2.29 bits per heavy atom. The molecule has 2 heterocycles. The molecule has 1 fully saturated rings. The predicted octanol–water partition coefficient (Wildman–Crippen LogP) is 1.16. The van der Waals surface area contributed by atoms with Crippen molar-refractivity contribution >= 4 is 43.5 Å². The van der Waals surface area contributed by atoms with Crippen molar-refractivity contribution in [2.75, 3.05) is 30.3 Å². The van der Waals surface area contributed by atoms with Crippen LogP contribution in [0.5, 0.6) is 0 Å². The van der Waals surface area contributed by atoms with Gasteiger partial charge in [-0.25, -0.2) is 14.2 Å². The van der Waals surface area contributed by atoms with Gasteiger partial charge in [0, 0.05) is 25.3 Å². The standard InChI is InChI=1S/C14H17BrFN7O4S/c15-10-5-9(1-2-11(10)16)19-14(20-24)12-13(22-27-21-12)18-6-8-3-4-23(7-8)28(17,25)26/h1-2,5,8,24H,3-4,6-7H2,(H,18,22)(H,19,20)(H2,17,25,26)/t8-/m1/s1. The summed E-state index contributed by atoms with van der Waals surface area (Å²) in [6.45, 7) is 1.02. The highest BCUT2D eigenvalue weighted by molar-refractivity contribution is 9.10. The normalized spacial score (nSPS) is 18.4. The molecule has 0 bridgehead atoms. The van der Waals surface area contributed by atoms with Gasteiger partial charge in [0.05, 0.1) is 4.47 Å². The quantitative estimate of drug-likeness (QED) is 0.208. The lowest BCUT2D eigenvalue weighted by Gasteiger charge is -2.13. The first-order valence-electron chi connectivity index (χ1n) is 8.06. The Bertz CT molecular complexity index is 984. The van der Waals surface area contributed by atoms with Crippen LogP contribution in [-0.4, -0.2) is 53.7 Å². The van der Waals surface area contributed by atoms with Crippen molar-refractivity contribution in [3.8, 4) is 0 Å². The lowest BCUT2D eigenvalue weighted by Crippen LogP contribution is -2.35. The summed E-state index contributed by atoms with van der Waals surface area (Å²) in [5, 5.41) is 30.8. The first kappa shape index (κ1) is 20.4. The SMILES string of the molecule is NS(=O)(=O)N1CC[C@H](CNc2nonc2C(=NO)Nc2ccc(F)c(Br)c2)C1. The molecule has 3 rings (SSSR count). The number of anilines is 2. The highest BCUT2D eigenvalue weighted by Crippen LogP contribution is 2.22. The molecule has 1 saturated heterocycles. The van der Waals surface area contributed by atoms with Crippen molar-refractivity contribution in [1.29, 1.82) is 0 Å². The average molecular weight is 478 g/mol. The highest BCUT2D eigenvalue weighted by Gasteiger charge is 2.29. The molecule has 1 aromatic carbocycles. The Balaban J connectivity index is 1.66. The maximum atomic E-state index is 13.4. The van der Waals surface area contributed by atoms with Gasteiger partial charge in [0.25, 0.3) is 10.2 Å². The molecule has 1 aliphatic heterocycles. The van der Waals surface area contributed by atoms with Crippen LogP contribution in [0.2, 0.25) is 0 Å². The van der Waals surface area contributed by atoms with Crippen molar-refractivity contribution < 1.29 is 22.6 Å². The number of nitrogens with one attached hydrogen (secondary N) is 2. The minimum Gasteiger partial charge on any atom is -0.409 e. The van der Waals surface area contributed by atoms with E-state index >= 15 is 0 Å². The Morgan fingerprint density at radius 1 is 1.50 bits per heavy atom. The van der Waals surface area contributed by atoms with Crippen molar-refractivity contribution in [1.82, 2.24) is 14.6 Å². The van der Waals surface area contributed by atoms with Crippen LogP contribution in [-0.2, 0) is 10.2 Å². The Morgan fingerprint density at radius 3 is 2.93 bits per heavy atom. The van der Waals surface area contributed by atoms with Crippen molar-refractivity contribution in [2.45, 2.75) is 6.42 Å². The lowest BCUT2D eigenvalue weighted by molar-refractivity contribution is 0.305. The van der Waals surface area contributed by atoms with Crippen LogP contribution in [0.25, 0.3) is 0 Å². The van der Waals surface area contributed by atoms with E-state index in [0.717, 1.165) is 0 Å². The first-order chi connectivity index (χ1) is 13.3. The van der Waals surface area contributed by atoms with E-state index in [2.05, 4.69) is 42.0 Å². The van der Waals surface area contributed by atoms with E-state index in [0.29, 0.717) is 25.2 Å². The van der Waals surface area contributed by atoms with E-state index in [-0.39, 0.29) is 34.3 Å². The van der Waals surface area contributed by atoms with Gasteiger partial charge < -0.3 is 15.8 Å². The molecule has 11 nitrogen and oxygen atoms in total. The van der Waals surface area contributed by atoms with E-state index in [1.54, 1.807) is 0 Å². The smallest absolute Gasteiger partial charge is 0.276 e. The maximum absolute atomic E-state index is 13.4. The van der Waals surface area contributed by atoms with Crippen LogP contribution in [0, 0.1) is 11.7 Å². The van der Waals surface area contributed by atoms with Gasteiger partial charge in [0.1, 0.15) is 5.82 Å². The molecule has 1 aromatic heterocycles. The summed E-state index contributed by atoms with van der Waals surface area (Å²) in [7, 11) is -3.71. The summed E-state index contributed by atoms with van der Waals surface area (Å²) in [5.74, 6) is -0.294. The zero-order valence-electron chi connectivity index (χ0n) is 14.3. The predicted molar refractivity (Wildman–Crippen MR) is 102 cm³/mol. The van der Waals surface area contributed by atoms with Gasteiger partial charge in [0.2, 0.25) is 11.7 Å². The first-order valence-corrected chi connectivity index (χ1v) is 10.4. The number of amidine groups is 1. The molecule has 28 heavy (non-hydrogen) atoms. The zero-order chi connectivity index (χ0) is 20.3. The molecular weight excluding hydrogens is 461 g/mol. The molecule has 14 heteroatoms. The topological polar surface area (TPSA) is 159 Å². The second-order valence-electron chi connectivity index (χ2n) is 6.10. The summed E-state index contributed by atoms with van der Waals surface area (Å²) in [4.78, 5) is 0. The summed E-state index contributed by atoms with van der Waals surface area (Å²) in [6.07, 6.45) is 0.632. The number of benzene rings is 1. The molecular formula is C14H17BrFN7O4S. The fraction of sp³-hybridized carbons (Fsp3) is 0.357. The van der Waals surface area contributed by atoms with E-state index in [1.165, 1.54) is 22.5 Å². The van der Waals surface area contributed by atoms with Crippen LogP contribution in [0.1, 0.15) is 12.1 Å². The zero-order valence-corrected chi connectivity index (χ0v) is 16.7. The molecule has 0 unspecified atom stereocenters. The molecule has 152 valence electrons. The van der Waals surface area contributed by atoms with E-state index in [1.807, 2.05) is 0 Å². The molecule has 2 aromatic rings. The largest absolute Gasteiger partial charge is 0.409 e. The Labute approximate surface area is 168 Å². The second kappa shape index (κ2) is 8.38. The summed E-state index contributed by atoms with van der Waals surface area (Å²) in [6, 6.07) is 4.15. The molecule has 0 saturated carbocycles. The highest BCUT2D eigenvalue weighted by atomic mass is 79.9. The number of nitrogens with zero attached hydrogens (tertiary/aromatic N) is 4. The van der Waals surface area contributed by atoms with Gasteiger partial charge in [-0.15, -0.1) is 0 Å². The van der Waals surface area contributed by atoms with E-state index < -0.39 is 16.0 Å². The van der Waals surface area contributed by atoms with Crippen molar-refractivity contribution in [3.63, 3.8) is 0 Å². The second-order valence-corrected chi connectivity index (χ2v) is 8.50. The van der Waals surface area contributed by atoms with Gasteiger partial charge >= 0.3 is 0 Å². The molecule has 5 N–H and O–H groups in total. The Kier molecular flexibility index (Phi) is 6.12. The molecule has 0 radical (unpaired) electrons. The van der Waals surface area contributed by atoms with E-state index in [4.69, 9.17) is 9.77 Å². The fourth-order valence-corrected chi connectivity index (χ4v) is 3.90. The number of nitrogens with two attached hydrogens (primary N) is 1. The monoisotopic (exact) mass is 477 g/mol. The minimum atomic E-state index is -3.71. The van der Waals surface area contributed by atoms with E-state index in [9.17, 15) is 18.0 Å². The summed E-state index contributed by atoms with van der Waals surface area (Å²) < 4.78 is 42.3. The van der Waals surface area contributed by atoms with Crippen molar-refractivity contribution in [2.24, 2.45) is 16.2 Å². The molecule has 1 aliphatic rings. The summed E-state index contributed by atoms with van der Waals surface area (Å²) in [5.41, 5.74) is 0.541. The van der Waals surface area contributed by atoms with Gasteiger partial charge in [-0.3, -0.25) is 0 Å². The Hall–Kier alpha value is -2.29. The third-order valence-electron chi connectivity index (χ3n) is 4.16. The number of oxime groups is 1. The van der Waals surface area contributed by atoms with Crippen LogP contribution in [0.3, 0.4) is 0 Å². The molecule has 0 aliphatic carbocycles. The third-order valence-corrected chi connectivity index (χ3v) is 5.82. The number of hydrogen-bond donors (Lipinski definition) is 4. The van der Waals surface area contributed by atoms with Crippen LogP contribution in [0.15, 0.2) is 32.5 Å². The van der Waals surface area contributed by atoms with Gasteiger partial charge in [-0.2, -0.15) is 12.7 Å². The molecule has 0 spiro atoms. The summed E-state index contributed by atoms with van der Waals surface area (Å²) >= 11 is 3.07. The fourth-order valence-electron chi connectivity index (χ4n) is 2.74. The van der Waals surface area contributed by atoms with Crippen LogP contribution in [0.4, 0.5) is 15.9 Å². The molecule has 0 amide bonds. The van der Waals surface area contributed by atoms with Crippen LogP contribution < -0.4 is 15.8 Å². The average Bonchev–Trinajstić information content (AvgIpc) is 3.29. The van der Waals surface area contributed by atoms with Crippen LogP contribution >= 0.6 is 15.9 Å². The van der Waals surface area contributed by atoms with Crippen molar-refractivity contribution in [3.05, 3.63) is 34.2 Å². The lowest BCUT2D eigenvalue weighted by atomic mass is 10.1. The van der Waals surface area contributed by atoms with Gasteiger partial charge in [0.15, 0.2) is 5.69 Å². The molecule has 1 atom stereocenters. The number of aromatic nitrogens is 2. The number of hydrogen-bond acceptors (Lipinski definition) is 8. The third kappa shape index (κ3) is 4.76. The maximum Gasteiger partial charge on any atom is 0.276 e. The van der Waals surface area contributed by atoms with Gasteiger partial charge in [-0.05, 0) is 56.8 Å². The number of halogens is 2. The minimum absolute atomic E-state index is 0.0124.